The molecular formula is C12H12ClN3O2. The molecule has 94 valence electrons. The van der Waals surface area contributed by atoms with Crippen molar-refractivity contribution in [1.29, 1.82) is 5.26 Å². The van der Waals surface area contributed by atoms with Gasteiger partial charge in [-0.2, -0.15) is 5.26 Å². The van der Waals surface area contributed by atoms with E-state index in [0.717, 1.165) is 0 Å². The van der Waals surface area contributed by atoms with Gasteiger partial charge in [-0.3, -0.25) is 10.2 Å². The zero-order chi connectivity index (χ0) is 13.5. The van der Waals surface area contributed by atoms with Crippen molar-refractivity contribution >= 4 is 28.6 Å². The second-order valence-corrected chi connectivity index (χ2v) is 4.15. The Hall–Kier alpha value is -2.06. The van der Waals surface area contributed by atoms with Gasteiger partial charge in [-0.15, -0.1) is 0 Å². The molecule has 0 aliphatic carbocycles. The van der Waals surface area contributed by atoms with Crippen molar-refractivity contribution in [3.05, 3.63) is 29.8 Å². The molecular weight excluding hydrogens is 254 g/mol. The van der Waals surface area contributed by atoms with Crippen LogP contribution in [0.25, 0.3) is 0 Å². The number of oxime groups is 1. The largest absolute Gasteiger partial charge is 0.437 e. The molecule has 1 N–H and O–H groups in total. The van der Waals surface area contributed by atoms with Crippen LogP contribution in [0, 0.1) is 17.2 Å². The molecule has 0 aliphatic rings. The minimum Gasteiger partial charge on any atom is -0.297 e. The van der Waals surface area contributed by atoms with Crippen molar-refractivity contribution in [2.75, 3.05) is 5.32 Å². The topological polar surface area (TPSA) is 74.5 Å². The molecule has 0 fully saturated rings. The molecule has 0 radical (unpaired) electrons. The van der Waals surface area contributed by atoms with E-state index in [1.165, 1.54) is 0 Å². The van der Waals surface area contributed by atoms with Crippen LogP contribution in [0.3, 0.4) is 0 Å². The van der Waals surface area contributed by atoms with E-state index in [1.807, 2.05) is 19.9 Å². The van der Waals surface area contributed by atoms with Gasteiger partial charge in [0.25, 0.3) is 0 Å². The fourth-order valence-corrected chi connectivity index (χ4v) is 0.994. The van der Waals surface area contributed by atoms with Gasteiger partial charge in [0.2, 0.25) is 0 Å². The predicted molar refractivity (Wildman–Crippen MR) is 69.4 cm³/mol. The second kappa shape index (κ2) is 6.62. The predicted octanol–water partition coefficient (Wildman–Crippen LogP) is 3.32. The first-order valence-corrected chi connectivity index (χ1v) is 5.62. The van der Waals surface area contributed by atoms with E-state index in [0.29, 0.717) is 11.3 Å². The third-order valence-corrected chi connectivity index (χ3v) is 2.46. The number of anilines is 1. The minimum absolute atomic E-state index is 0.00520. The van der Waals surface area contributed by atoms with E-state index < -0.39 is 6.09 Å². The SMILES string of the molecule is CC(C)C(Cl)=NOC(=O)Nc1ccc(C#N)cc1. The maximum atomic E-state index is 11.3. The Bertz CT molecular complexity index is 489. The molecule has 1 aromatic carbocycles. The lowest BCUT2D eigenvalue weighted by Gasteiger charge is -2.04. The molecule has 1 amide bonds. The van der Waals surface area contributed by atoms with Crippen LogP contribution in [0.15, 0.2) is 29.4 Å². The minimum atomic E-state index is -0.737. The molecule has 0 bridgehead atoms. The average molecular weight is 266 g/mol. The van der Waals surface area contributed by atoms with E-state index in [-0.39, 0.29) is 11.1 Å². The quantitative estimate of drug-likeness (QED) is 0.517. The molecule has 18 heavy (non-hydrogen) atoms. The van der Waals surface area contributed by atoms with Crippen molar-refractivity contribution in [3.63, 3.8) is 0 Å². The van der Waals surface area contributed by atoms with Crippen molar-refractivity contribution in [1.82, 2.24) is 0 Å². The van der Waals surface area contributed by atoms with E-state index in [4.69, 9.17) is 16.9 Å². The van der Waals surface area contributed by atoms with Crippen LogP contribution >= 0.6 is 11.6 Å². The highest BCUT2D eigenvalue weighted by Crippen LogP contribution is 2.09. The summed E-state index contributed by atoms with van der Waals surface area (Å²) in [5.41, 5.74) is 1.02. The van der Waals surface area contributed by atoms with Crippen molar-refractivity contribution in [2.45, 2.75) is 13.8 Å². The maximum absolute atomic E-state index is 11.3. The van der Waals surface area contributed by atoms with Gasteiger partial charge in [0.05, 0.1) is 11.6 Å². The van der Waals surface area contributed by atoms with Crippen LogP contribution in [0.1, 0.15) is 19.4 Å². The first-order chi connectivity index (χ1) is 8.52. The number of benzene rings is 1. The molecule has 0 atom stereocenters. The number of nitrogens with zero attached hydrogens (tertiary/aromatic N) is 2. The molecule has 6 heteroatoms. The molecule has 0 aromatic heterocycles. The number of halogens is 1. The summed E-state index contributed by atoms with van der Waals surface area (Å²) in [7, 11) is 0. The van der Waals surface area contributed by atoms with Gasteiger partial charge >= 0.3 is 6.09 Å². The van der Waals surface area contributed by atoms with E-state index in [2.05, 4.69) is 15.3 Å². The number of carbonyl (C=O) groups excluding carboxylic acids is 1. The summed E-state index contributed by atoms with van der Waals surface area (Å²) in [4.78, 5) is 15.9. The number of carbonyl (C=O) groups is 1. The lowest BCUT2D eigenvalue weighted by atomic mass is 10.2. The Balaban J connectivity index is 2.55. The molecule has 0 unspecified atom stereocenters. The number of hydrogen-bond donors (Lipinski definition) is 1. The molecule has 0 aliphatic heterocycles. The number of rotatable bonds is 3. The van der Waals surface area contributed by atoms with E-state index >= 15 is 0 Å². The normalized spacial score (nSPS) is 10.9. The lowest BCUT2D eigenvalue weighted by molar-refractivity contribution is 0.166. The van der Waals surface area contributed by atoms with Crippen LogP contribution in [-0.2, 0) is 4.84 Å². The summed E-state index contributed by atoms with van der Waals surface area (Å²) in [6.45, 7) is 3.65. The van der Waals surface area contributed by atoms with Crippen molar-refractivity contribution in [2.24, 2.45) is 11.1 Å². The molecule has 0 heterocycles. The zero-order valence-corrected chi connectivity index (χ0v) is 10.7. The Labute approximate surface area is 110 Å². The van der Waals surface area contributed by atoms with Crippen LogP contribution in [0.2, 0.25) is 0 Å². The summed E-state index contributed by atoms with van der Waals surface area (Å²) in [5.74, 6) is -0.00520. The number of amides is 1. The highest BCUT2D eigenvalue weighted by molar-refractivity contribution is 6.65. The van der Waals surface area contributed by atoms with E-state index in [9.17, 15) is 4.79 Å². The standard InChI is InChI=1S/C12H12ClN3O2/c1-8(2)11(13)16-18-12(17)15-10-5-3-9(7-14)4-6-10/h3-6,8H,1-2H3,(H,15,17). The third-order valence-electron chi connectivity index (χ3n) is 1.95. The van der Waals surface area contributed by atoms with Crippen LogP contribution < -0.4 is 5.32 Å². The van der Waals surface area contributed by atoms with Gasteiger partial charge in [-0.05, 0) is 24.3 Å². The Morgan fingerprint density at radius 1 is 1.44 bits per heavy atom. The molecule has 5 nitrogen and oxygen atoms in total. The molecule has 1 rings (SSSR count). The first kappa shape index (κ1) is 14.0. The van der Waals surface area contributed by atoms with Crippen LogP contribution in [0.5, 0.6) is 0 Å². The van der Waals surface area contributed by atoms with Crippen LogP contribution in [0.4, 0.5) is 10.5 Å². The monoisotopic (exact) mass is 265 g/mol. The first-order valence-electron chi connectivity index (χ1n) is 5.24. The Kier molecular flexibility index (Phi) is 5.15. The molecule has 0 saturated heterocycles. The Morgan fingerprint density at radius 2 is 2.06 bits per heavy atom. The van der Waals surface area contributed by atoms with Crippen molar-refractivity contribution < 1.29 is 9.63 Å². The van der Waals surface area contributed by atoms with Gasteiger partial charge in [0.15, 0.2) is 0 Å². The Morgan fingerprint density at radius 3 is 2.56 bits per heavy atom. The number of nitrogens with one attached hydrogen (secondary N) is 1. The fourth-order valence-electron chi connectivity index (χ4n) is 0.959. The fraction of sp³-hybridized carbons (Fsp3) is 0.250. The van der Waals surface area contributed by atoms with Gasteiger partial charge in [-0.1, -0.05) is 30.6 Å². The van der Waals surface area contributed by atoms with Crippen molar-refractivity contribution in [3.8, 4) is 6.07 Å². The average Bonchev–Trinajstić information content (AvgIpc) is 2.36. The van der Waals surface area contributed by atoms with Crippen LogP contribution in [-0.4, -0.2) is 11.3 Å². The highest BCUT2D eigenvalue weighted by Gasteiger charge is 2.06. The van der Waals surface area contributed by atoms with Gasteiger partial charge in [0, 0.05) is 11.6 Å². The van der Waals surface area contributed by atoms with E-state index in [1.54, 1.807) is 24.3 Å². The number of hydrogen-bond acceptors (Lipinski definition) is 4. The molecule has 0 saturated carbocycles. The van der Waals surface area contributed by atoms with Gasteiger partial charge in [-0.25, -0.2) is 4.79 Å². The summed E-state index contributed by atoms with van der Waals surface area (Å²) >= 11 is 5.71. The number of nitriles is 1. The second-order valence-electron chi connectivity index (χ2n) is 3.76. The third kappa shape index (κ3) is 4.44. The zero-order valence-electron chi connectivity index (χ0n) is 9.98. The smallest absolute Gasteiger partial charge is 0.297 e. The van der Waals surface area contributed by atoms with Gasteiger partial charge in [0.1, 0.15) is 5.17 Å². The summed E-state index contributed by atoms with van der Waals surface area (Å²) in [6, 6.07) is 8.33. The van der Waals surface area contributed by atoms with Gasteiger partial charge < -0.3 is 0 Å². The lowest BCUT2D eigenvalue weighted by Crippen LogP contribution is -2.12. The summed E-state index contributed by atoms with van der Waals surface area (Å²) in [5, 5.41) is 14.7. The highest BCUT2D eigenvalue weighted by atomic mass is 35.5. The molecule has 0 spiro atoms. The summed E-state index contributed by atoms with van der Waals surface area (Å²) < 4.78 is 0. The molecule has 1 aromatic rings. The maximum Gasteiger partial charge on any atom is 0.437 e. The summed E-state index contributed by atoms with van der Waals surface area (Å²) in [6.07, 6.45) is -0.737.